The first-order valence-corrected chi connectivity index (χ1v) is 11.2. The summed E-state index contributed by atoms with van der Waals surface area (Å²) in [4.78, 5) is 27.6. The molecule has 4 nitrogen and oxygen atoms in total. The average molecular weight is 523 g/mol. The lowest BCUT2D eigenvalue weighted by Gasteiger charge is -2.25. The van der Waals surface area contributed by atoms with Crippen molar-refractivity contribution in [3.63, 3.8) is 0 Å². The van der Waals surface area contributed by atoms with Gasteiger partial charge in [0.2, 0.25) is 0 Å². The van der Waals surface area contributed by atoms with Crippen LogP contribution in [0.3, 0.4) is 0 Å². The molecule has 1 aliphatic rings. The molecule has 156 valence electrons. The van der Waals surface area contributed by atoms with Gasteiger partial charge in [0.1, 0.15) is 5.76 Å². The highest BCUT2D eigenvalue weighted by molar-refractivity contribution is 14.1. The second-order valence-corrected chi connectivity index (χ2v) is 8.89. The minimum atomic E-state index is -0.644. The number of aliphatic hydroxyl groups is 1. The molecule has 5 heteroatoms. The number of amides is 1. The molecule has 4 rings (SSSR count). The molecule has 1 heterocycles. The largest absolute Gasteiger partial charge is 0.507 e. The Hall–Kier alpha value is -2.93. The van der Waals surface area contributed by atoms with Gasteiger partial charge in [-0.25, -0.2) is 0 Å². The fourth-order valence-corrected chi connectivity index (χ4v) is 4.22. The number of Topliss-reactive ketones (excluding diaryl/α,β-unsaturated/α-hetero) is 1. The summed E-state index contributed by atoms with van der Waals surface area (Å²) in [5.74, 6) is -1.35. The summed E-state index contributed by atoms with van der Waals surface area (Å²) >= 11 is 2.22. The summed E-state index contributed by atoms with van der Waals surface area (Å²) < 4.78 is 1.06. The normalized spacial score (nSPS) is 17.9. The van der Waals surface area contributed by atoms with Crippen molar-refractivity contribution >= 4 is 40.0 Å². The minimum Gasteiger partial charge on any atom is -0.507 e. The predicted octanol–water partition coefficient (Wildman–Crippen LogP) is 5.26. The second kappa shape index (κ2) is 9.06. The summed E-state index contributed by atoms with van der Waals surface area (Å²) in [5, 5.41) is 11.1. The van der Waals surface area contributed by atoms with Crippen LogP contribution in [0.1, 0.15) is 28.3 Å². The van der Waals surface area contributed by atoms with E-state index in [0.29, 0.717) is 18.5 Å². The zero-order valence-corrected chi connectivity index (χ0v) is 19.2. The van der Waals surface area contributed by atoms with Gasteiger partial charge in [0.15, 0.2) is 0 Å². The first-order valence-electron chi connectivity index (χ1n) is 10.1. The number of carbonyl (C=O) groups is 2. The van der Waals surface area contributed by atoms with E-state index < -0.39 is 17.7 Å². The number of rotatable bonds is 5. The van der Waals surface area contributed by atoms with Crippen molar-refractivity contribution in [1.82, 2.24) is 4.90 Å². The Morgan fingerprint density at radius 3 is 2.23 bits per heavy atom. The molecule has 1 aliphatic heterocycles. The molecule has 1 unspecified atom stereocenters. The van der Waals surface area contributed by atoms with Crippen LogP contribution in [0.25, 0.3) is 5.76 Å². The van der Waals surface area contributed by atoms with Gasteiger partial charge in [-0.1, -0.05) is 72.3 Å². The van der Waals surface area contributed by atoms with Gasteiger partial charge in [-0.05, 0) is 59.2 Å². The van der Waals surface area contributed by atoms with Gasteiger partial charge in [-0.3, -0.25) is 9.59 Å². The van der Waals surface area contributed by atoms with Gasteiger partial charge in [-0.15, -0.1) is 0 Å². The summed E-state index contributed by atoms with van der Waals surface area (Å²) in [5.41, 5.74) is 3.62. The summed E-state index contributed by atoms with van der Waals surface area (Å²) in [7, 11) is 0. The molecular weight excluding hydrogens is 501 g/mol. The predicted molar refractivity (Wildman–Crippen MR) is 129 cm³/mol. The van der Waals surface area contributed by atoms with E-state index in [1.165, 1.54) is 0 Å². The van der Waals surface area contributed by atoms with Crippen molar-refractivity contribution in [2.75, 3.05) is 6.54 Å². The monoisotopic (exact) mass is 523 g/mol. The van der Waals surface area contributed by atoms with Gasteiger partial charge in [-0.2, -0.15) is 0 Å². The highest BCUT2D eigenvalue weighted by Gasteiger charge is 2.45. The van der Waals surface area contributed by atoms with Crippen LogP contribution in [-0.4, -0.2) is 28.2 Å². The van der Waals surface area contributed by atoms with E-state index in [2.05, 4.69) is 22.6 Å². The SMILES string of the molecule is Cc1ccc(C(O)=C2C(=O)C(=O)N(CCc3ccccc3)C2c2ccc(I)cc2)cc1. The highest BCUT2D eigenvalue weighted by atomic mass is 127. The first-order chi connectivity index (χ1) is 15.0. The molecule has 3 aromatic carbocycles. The van der Waals surface area contributed by atoms with E-state index in [1.807, 2.05) is 73.7 Å². The van der Waals surface area contributed by atoms with Crippen molar-refractivity contribution in [2.24, 2.45) is 0 Å². The van der Waals surface area contributed by atoms with Gasteiger partial charge in [0, 0.05) is 15.7 Å². The Bertz CT molecular complexity index is 1140. The fraction of sp³-hybridized carbons (Fsp3) is 0.154. The minimum absolute atomic E-state index is 0.135. The van der Waals surface area contributed by atoms with Gasteiger partial charge in [0.05, 0.1) is 11.6 Å². The first kappa shape index (κ1) is 21.3. The lowest BCUT2D eigenvalue weighted by atomic mass is 9.95. The molecule has 0 radical (unpaired) electrons. The van der Waals surface area contributed by atoms with Crippen molar-refractivity contribution in [3.05, 3.63) is 110 Å². The molecule has 31 heavy (non-hydrogen) atoms. The number of ketones is 1. The van der Waals surface area contributed by atoms with Crippen LogP contribution in [0, 0.1) is 10.5 Å². The molecule has 3 aromatic rings. The molecule has 1 amide bonds. The molecule has 1 saturated heterocycles. The Kier molecular flexibility index (Phi) is 6.23. The third-order valence-electron chi connectivity index (χ3n) is 5.53. The molecule has 1 atom stereocenters. The van der Waals surface area contributed by atoms with E-state index >= 15 is 0 Å². The van der Waals surface area contributed by atoms with Crippen LogP contribution in [0.15, 0.2) is 84.4 Å². The van der Waals surface area contributed by atoms with Crippen LogP contribution in [-0.2, 0) is 16.0 Å². The zero-order chi connectivity index (χ0) is 22.0. The molecule has 0 spiro atoms. The number of hydrogen-bond acceptors (Lipinski definition) is 3. The third-order valence-corrected chi connectivity index (χ3v) is 6.25. The lowest BCUT2D eigenvalue weighted by molar-refractivity contribution is -0.139. The molecule has 0 aromatic heterocycles. The van der Waals surface area contributed by atoms with Gasteiger partial charge in [0.25, 0.3) is 11.7 Å². The Morgan fingerprint density at radius 1 is 0.935 bits per heavy atom. The molecule has 0 bridgehead atoms. The topological polar surface area (TPSA) is 57.6 Å². The number of aryl methyl sites for hydroxylation is 1. The molecule has 1 fully saturated rings. The number of nitrogens with zero attached hydrogens (tertiary/aromatic N) is 1. The van der Waals surface area contributed by atoms with E-state index in [4.69, 9.17) is 0 Å². The number of benzene rings is 3. The molecule has 0 saturated carbocycles. The quantitative estimate of drug-likeness (QED) is 0.215. The van der Waals surface area contributed by atoms with E-state index in [9.17, 15) is 14.7 Å². The number of halogens is 1. The number of likely N-dealkylation sites (tertiary alicyclic amines) is 1. The van der Waals surface area contributed by atoms with Crippen molar-refractivity contribution in [2.45, 2.75) is 19.4 Å². The van der Waals surface area contributed by atoms with Gasteiger partial charge < -0.3 is 10.0 Å². The van der Waals surface area contributed by atoms with E-state index in [1.54, 1.807) is 17.0 Å². The maximum Gasteiger partial charge on any atom is 0.295 e. The highest BCUT2D eigenvalue weighted by Crippen LogP contribution is 2.39. The van der Waals surface area contributed by atoms with E-state index in [0.717, 1.165) is 20.3 Å². The maximum atomic E-state index is 13.0. The standard InChI is InChI=1S/C26H22INO3/c1-17-7-9-20(10-8-17)24(29)22-23(19-11-13-21(27)14-12-19)28(26(31)25(22)30)16-15-18-5-3-2-4-6-18/h2-14,23,29H,15-16H2,1H3. The van der Waals surface area contributed by atoms with Crippen LogP contribution >= 0.6 is 22.6 Å². The molecule has 0 aliphatic carbocycles. The maximum absolute atomic E-state index is 13.0. The zero-order valence-electron chi connectivity index (χ0n) is 17.1. The Morgan fingerprint density at radius 2 is 1.58 bits per heavy atom. The summed E-state index contributed by atoms with van der Waals surface area (Å²) in [6, 6.07) is 24.2. The molecule has 1 N–H and O–H groups in total. The third kappa shape index (κ3) is 4.42. The average Bonchev–Trinajstić information content (AvgIpc) is 3.04. The van der Waals surface area contributed by atoms with Crippen molar-refractivity contribution in [1.29, 1.82) is 0 Å². The number of aliphatic hydroxyl groups excluding tert-OH is 1. The van der Waals surface area contributed by atoms with Crippen molar-refractivity contribution < 1.29 is 14.7 Å². The molecular formula is C26H22INO3. The lowest BCUT2D eigenvalue weighted by Crippen LogP contribution is -2.31. The fourth-order valence-electron chi connectivity index (χ4n) is 3.86. The van der Waals surface area contributed by atoms with Crippen LogP contribution in [0.2, 0.25) is 0 Å². The van der Waals surface area contributed by atoms with Gasteiger partial charge >= 0.3 is 0 Å². The van der Waals surface area contributed by atoms with Crippen LogP contribution < -0.4 is 0 Å². The Balaban J connectivity index is 1.78. The van der Waals surface area contributed by atoms with Crippen LogP contribution in [0.5, 0.6) is 0 Å². The number of hydrogen-bond donors (Lipinski definition) is 1. The van der Waals surface area contributed by atoms with Crippen LogP contribution in [0.4, 0.5) is 0 Å². The summed E-state index contributed by atoms with van der Waals surface area (Å²) in [6.45, 7) is 2.34. The van der Waals surface area contributed by atoms with Crippen molar-refractivity contribution in [3.8, 4) is 0 Å². The smallest absolute Gasteiger partial charge is 0.295 e. The van der Waals surface area contributed by atoms with E-state index in [-0.39, 0.29) is 11.3 Å². The summed E-state index contributed by atoms with van der Waals surface area (Å²) in [6.07, 6.45) is 0.624. The number of carbonyl (C=O) groups excluding carboxylic acids is 2. The Labute approximate surface area is 195 Å². The second-order valence-electron chi connectivity index (χ2n) is 7.65.